The van der Waals surface area contributed by atoms with E-state index in [9.17, 15) is 0 Å². The van der Waals surface area contributed by atoms with E-state index in [1.807, 2.05) is 0 Å². The zero-order valence-electron chi connectivity index (χ0n) is 8.96. The maximum atomic E-state index is 4.37. The van der Waals surface area contributed by atoms with Crippen LogP contribution in [0.2, 0.25) is 0 Å². The van der Waals surface area contributed by atoms with E-state index in [1.165, 1.54) is 17.4 Å². The molecule has 1 fully saturated rings. The van der Waals surface area contributed by atoms with Gasteiger partial charge in [0.2, 0.25) is 0 Å². The molecular weight excluding hydrogens is 266 g/mol. The SMILES string of the molecule is Brc1[nH]nc2c(CC3CCNC3)cccc12. The molecule has 1 atom stereocenters. The van der Waals surface area contributed by atoms with E-state index in [1.54, 1.807) is 0 Å². The molecule has 2 N–H and O–H groups in total. The van der Waals surface area contributed by atoms with Gasteiger partial charge in [0.15, 0.2) is 0 Å². The highest BCUT2D eigenvalue weighted by atomic mass is 79.9. The lowest BCUT2D eigenvalue weighted by atomic mass is 9.97. The Hall–Kier alpha value is -0.870. The van der Waals surface area contributed by atoms with Crippen LogP contribution in [0.3, 0.4) is 0 Å². The molecule has 3 nitrogen and oxygen atoms in total. The third-order valence-electron chi connectivity index (χ3n) is 3.29. The molecule has 0 amide bonds. The lowest BCUT2D eigenvalue weighted by Crippen LogP contribution is -2.10. The molecule has 0 bridgehead atoms. The first kappa shape index (κ1) is 10.3. The van der Waals surface area contributed by atoms with Gasteiger partial charge in [0.1, 0.15) is 4.60 Å². The van der Waals surface area contributed by atoms with Gasteiger partial charge in [-0.05, 0) is 53.3 Å². The largest absolute Gasteiger partial charge is 0.316 e. The Balaban J connectivity index is 1.96. The molecule has 1 aliphatic heterocycles. The number of H-pyrrole nitrogens is 1. The van der Waals surface area contributed by atoms with Gasteiger partial charge in [-0.3, -0.25) is 5.10 Å². The highest BCUT2D eigenvalue weighted by Crippen LogP contribution is 2.26. The molecule has 1 saturated heterocycles. The summed E-state index contributed by atoms with van der Waals surface area (Å²) in [5, 5.41) is 12.0. The Bertz CT molecular complexity index is 500. The van der Waals surface area contributed by atoms with Gasteiger partial charge in [0.25, 0.3) is 0 Å². The molecule has 1 aliphatic rings. The average molecular weight is 280 g/mol. The summed E-state index contributed by atoms with van der Waals surface area (Å²) in [7, 11) is 0. The van der Waals surface area contributed by atoms with Crippen molar-refractivity contribution in [1.29, 1.82) is 0 Å². The van der Waals surface area contributed by atoms with Gasteiger partial charge in [-0.15, -0.1) is 0 Å². The van der Waals surface area contributed by atoms with Gasteiger partial charge in [0, 0.05) is 5.39 Å². The molecule has 0 radical (unpaired) electrons. The molecule has 2 heterocycles. The summed E-state index contributed by atoms with van der Waals surface area (Å²) in [4.78, 5) is 0. The molecule has 0 saturated carbocycles. The zero-order valence-corrected chi connectivity index (χ0v) is 10.5. The number of aromatic amines is 1. The Kier molecular flexibility index (Phi) is 2.69. The average Bonchev–Trinajstić information content (AvgIpc) is 2.90. The van der Waals surface area contributed by atoms with Gasteiger partial charge in [-0.1, -0.05) is 18.2 Å². The monoisotopic (exact) mass is 279 g/mol. The van der Waals surface area contributed by atoms with Gasteiger partial charge in [0.05, 0.1) is 5.52 Å². The van der Waals surface area contributed by atoms with Crippen molar-refractivity contribution in [2.75, 3.05) is 13.1 Å². The maximum absolute atomic E-state index is 4.37. The van der Waals surface area contributed by atoms with Crippen molar-refractivity contribution in [2.45, 2.75) is 12.8 Å². The quantitative estimate of drug-likeness (QED) is 0.887. The molecule has 3 rings (SSSR count). The fourth-order valence-corrected chi connectivity index (χ4v) is 2.84. The zero-order chi connectivity index (χ0) is 11.0. The van der Waals surface area contributed by atoms with Crippen LogP contribution in [0.4, 0.5) is 0 Å². The van der Waals surface area contributed by atoms with Crippen LogP contribution in [0.5, 0.6) is 0 Å². The van der Waals surface area contributed by atoms with Crippen LogP contribution in [0.15, 0.2) is 22.8 Å². The van der Waals surface area contributed by atoms with Crippen molar-refractivity contribution in [3.63, 3.8) is 0 Å². The molecule has 1 unspecified atom stereocenters. The minimum atomic E-state index is 0.765. The Labute approximate surface area is 103 Å². The van der Waals surface area contributed by atoms with E-state index >= 15 is 0 Å². The number of nitrogens with zero attached hydrogens (tertiary/aromatic N) is 1. The Morgan fingerprint density at radius 3 is 3.19 bits per heavy atom. The standard InChI is InChI=1S/C12H14BrN3/c13-12-10-3-1-2-9(11(10)15-16-12)6-8-4-5-14-7-8/h1-3,8,14H,4-7H2,(H,15,16). The van der Waals surface area contributed by atoms with E-state index in [4.69, 9.17) is 0 Å². The van der Waals surface area contributed by atoms with Gasteiger partial charge >= 0.3 is 0 Å². The van der Waals surface area contributed by atoms with Crippen molar-refractivity contribution in [2.24, 2.45) is 5.92 Å². The first-order chi connectivity index (χ1) is 7.84. The summed E-state index contributed by atoms with van der Waals surface area (Å²) in [5.74, 6) is 0.765. The lowest BCUT2D eigenvalue weighted by Gasteiger charge is -2.08. The van der Waals surface area contributed by atoms with Crippen molar-refractivity contribution in [1.82, 2.24) is 15.5 Å². The second-order valence-corrected chi connectivity index (χ2v) is 5.21. The molecule has 16 heavy (non-hydrogen) atoms. The molecule has 1 aromatic heterocycles. The summed E-state index contributed by atoms with van der Waals surface area (Å²) >= 11 is 3.48. The number of benzene rings is 1. The summed E-state index contributed by atoms with van der Waals surface area (Å²) < 4.78 is 0.980. The predicted molar refractivity (Wildman–Crippen MR) is 68.5 cm³/mol. The van der Waals surface area contributed by atoms with Crippen LogP contribution >= 0.6 is 15.9 Å². The fraction of sp³-hybridized carbons (Fsp3) is 0.417. The summed E-state index contributed by atoms with van der Waals surface area (Å²) in [6.45, 7) is 2.30. The highest BCUT2D eigenvalue weighted by molar-refractivity contribution is 9.10. The number of para-hydroxylation sites is 1. The molecule has 2 aromatic rings. The number of nitrogens with one attached hydrogen (secondary N) is 2. The van der Waals surface area contributed by atoms with E-state index in [2.05, 4.69) is 49.6 Å². The van der Waals surface area contributed by atoms with Gasteiger partial charge in [-0.2, -0.15) is 5.10 Å². The molecular formula is C12H14BrN3. The first-order valence-electron chi connectivity index (χ1n) is 5.67. The topological polar surface area (TPSA) is 40.7 Å². The number of hydrogen-bond donors (Lipinski definition) is 2. The summed E-state index contributed by atoms with van der Waals surface area (Å²) in [6, 6.07) is 6.40. The predicted octanol–water partition coefficient (Wildman–Crippen LogP) is 2.48. The second-order valence-electron chi connectivity index (χ2n) is 4.41. The fourth-order valence-electron chi connectivity index (χ4n) is 2.43. The Morgan fingerprint density at radius 1 is 1.44 bits per heavy atom. The third kappa shape index (κ3) is 1.76. The number of halogens is 1. The van der Waals surface area contributed by atoms with Crippen LogP contribution in [-0.2, 0) is 6.42 Å². The van der Waals surface area contributed by atoms with Crippen molar-refractivity contribution in [3.05, 3.63) is 28.4 Å². The van der Waals surface area contributed by atoms with Crippen LogP contribution < -0.4 is 5.32 Å². The van der Waals surface area contributed by atoms with Crippen LogP contribution in [0, 0.1) is 5.92 Å². The van der Waals surface area contributed by atoms with Crippen LogP contribution in [0.1, 0.15) is 12.0 Å². The molecule has 1 aromatic carbocycles. The molecule has 0 spiro atoms. The molecule has 4 heteroatoms. The van der Waals surface area contributed by atoms with Gasteiger partial charge < -0.3 is 5.32 Å². The lowest BCUT2D eigenvalue weighted by molar-refractivity contribution is 0.582. The summed E-state index contributed by atoms with van der Waals surface area (Å²) in [6.07, 6.45) is 2.41. The number of fused-ring (bicyclic) bond motifs is 1. The minimum Gasteiger partial charge on any atom is -0.316 e. The van der Waals surface area contributed by atoms with Crippen molar-refractivity contribution < 1.29 is 0 Å². The van der Waals surface area contributed by atoms with Crippen molar-refractivity contribution in [3.8, 4) is 0 Å². The molecule has 0 aliphatic carbocycles. The number of hydrogen-bond acceptors (Lipinski definition) is 2. The number of aromatic nitrogens is 2. The van der Waals surface area contributed by atoms with Crippen LogP contribution in [0.25, 0.3) is 10.9 Å². The smallest absolute Gasteiger partial charge is 0.108 e. The Morgan fingerprint density at radius 2 is 2.38 bits per heavy atom. The van der Waals surface area contributed by atoms with Crippen molar-refractivity contribution >= 4 is 26.8 Å². The summed E-state index contributed by atoms with van der Waals surface area (Å²) in [5.41, 5.74) is 2.47. The molecule has 84 valence electrons. The highest BCUT2D eigenvalue weighted by Gasteiger charge is 2.17. The minimum absolute atomic E-state index is 0.765. The van der Waals surface area contributed by atoms with E-state index < -0.39 is 0 Å². The normalized spacial score (nSPS) is 20.7. The first-order valence-corrected chi connectivity index (χ1v) is 6.46. The van der Waals surface area contributed by atoms with Gasteiger partial charge in [-0.25, -0.2) is 0 Å². The second kappa shape index (κ2) is 4.18. The van der Waals surface area contributed by atoms with E-state index in [0.717, 1.165) is 35.5 Å². The van der Waals surface area contributed by atoms with Crippen LogP contribution in [-0.4, -0.2) is 23.3 Å². The third-order valence-corrected chi connectivity index (χ3v) is 3.90. The number of rotatable bonds is 2. The van der Waals surface area contributed by atoms with E-state index in [-0.39, 0.29) is 0 Å². The van der Waals surface area contributed by atoms with E-state index in [0.29, 0.717) is 0 Å². The maximum Gasteiger partial charge on any atom is 0.108 e.